The van der Waals surface area contributed by atoms with E-state index in [-0.39, 0.29) is 0 Å². The smallest absolute Gasteiger partial charge is 0.153 e. The van der Waals surface area contributed by atoms with Gasteiger partial charge in [0.1, 0.15) is 17.0 Å². The molecule has 0 saturated carbocycles. The van der Waals surface area contributed by atoms with Crippen LogP contribution in [0.4, 0.5) is 5.82 Å². The van der Waals surface area contributed by atoms with Crippen LogP contribution in [0.3, 0.4) is 0 Å². The number of nitrogens with zero attached hydrogens (tertiary/aromatic N) is 5. The Bertz CT molecular complexity index is 944. The molecule has 0 radical (unpaired) electrons. The fraction of sp³-hybridized carbons (Fsp3) is 0.125. The first-order valence-electron chi connectivity index (χ1n) is 7.19. The summed E-state index contributed by atoms with van der Waals surface area (Å²) < 4.78 is 1.75. The second kappa shape index (κ2) is 5.77. The molecule has 4 aromatic rings. The highest BCUT2D eigenvalue weighted by molar-refractivity contribution is 7.17. The van der Waals surface area contributed by atoms with Crippen molar-refractivity contribution in [2.75, 3.05) is 5.32 Å². The molecule has 4 rings (SSSR count). The van der Waals surface area contributed by atoms with E-state index in [1.54, 1.807) is 34.7 Å². The van der Waals surface area contributed by atoms with E-state index in [4.69, 9.17) is 0 Å². The third kappa shape index (κ3) is 2.66. The van der Waals surface area contributed by atoms with Crippen molar-refractivity contribution in [3.8, 4) is 5.82 Å². The molecular weight excluding hydrogens is 308 g/mol. The van der Waals surface area contributed by atoms with E-state index in [0.717, 1.165) is 27.4 Å². The number of thiophene rings is 1. The Kier molecular flexibility index (Phi) is 3.47. The molecule has 0 atom stereocenters. The van der Waals surface area contributed by atoms with Crippen molar-refractivity contribution in [2.45, 2.75) is 13.5 Å². The van der Waals surface area contributed by atoms with Crippen LogP contribution in [0.15, 0.2) is 48.5 Å². The van der Waals surface area contributed by atoms with Crippen LogP contribution in [-0.2, 0) is 6.54 Å². The van der Waals surface area contributed by atoms with E-state index in [1.165, 1.54) is 5.56 Å². The van der Waals surface area contributed by atoms with Gasteiger partial charge >= 0.3 is 0 Å². The van der Waals surface area contributed by atoms with Crippen LogP contribution in [0, 0.1) is 6.92 Å². The summed E-state index contributed by atoms with van der Waals surface area (Å²) in [6, 6.07) is 5.88. The first kappa shape index (κ1) is 13.8. The van der Waals surface area contributed by atoms with Gasteiger partial charge in [-0.05, 0) is 41.6 Å². The third-order valence-corrected chi connectivity index (χ3v) is 4.57. The summed E-state index contributed by atoms with van der Waals surface area (Å²) in [5.41, 5.74) is 2.31. The molecular formula is C16H14N6S. The van der Waals surface area contributed by atoms with Crippen molar-refractivity contribution >= 4 is 27.4 Å². The lowest BCUT2D eigenvalue weighted by atomic mass is 10.2. The zero-order chi connectivity index (χ0) is 15.6. The number of anilines is 1. The van der Waals surface area contributed by atoms with Gasteiger partial charge in [-0.2, -0.15) is 5.10 Å². The zero-order valence-corrected chi connectivity index (χ0v) is 13.3. The van der Waals surface area contributed by atoms with Gasteiger partial charge in [0.2, 0.25) is 0 Å². The Hall–Kier alpha value is -2.80. The second-order valence-corrected chi connectivity index (χ2v) is 6.01. The summed E-state index contributed by atoms with van der Waals surface area (Å²) in [5, 5.41) is 10.8. The van der Waals surface area contributed by atoms with Gasteiger partial charge in [-0.25, -0.2) is 19.6 Å². The molecule has 0 aliphatic rings. The topological polar surface area (TPSA) is 68.5 Å². The number of fused-ring (bicyclic) bond motifs is 1. The number of aryl methyl sites for hydroxylation is 1. The van der Waals surface area contributed by atoms with Gasteiger partial charge in [0.25, 0.3) is 0 Å². The number of nitrogens with one attached hydrogen (secondary N) is 1. The molecule has 1 N–H and O–H groups in total. The Labute approximate surface area is 136 Å². The highest BCUT2D eigenvalue weighted by Crippen LogP contribution is 2.28. The summed E-state index contributed by atoms with van der Waals surface area (Å²) in [5.74, 6) is 1.67. The quantitative estimate of drug-likeness (QED) is 0.625. The monoisotopic (exact) mass is 322 g/mol. The molecule has 23 heavy (non-hydrogen) atoms. The van der Waals surface area contributed by atoms with Crippen LogP contribution in [0.1, 0.15) is 11.1 Å². The summed E-state index contributed by atoms with van der Waals surface area (Å²) in [6.07, 6.45) is 7.01. The maximum absolute atomic E-state index is 4.38. The Morgan fingerprint density at radius 1 is 1.22 bits per heavy atom. The van der Waals surface area contributed by atoms with Crippen LogP contribution in [0.5, 0.6) is 0 Å². The Balaban J connectivity index is 1.59. The minimum atomic E-state index is 0.665. The number of hydrogen-bond acceptors (Lipinski definition) is 6. The predicted molar refractivity (Wildman–Crippen MR) is 90.8 cm³/mol. The number of aromatic nitrogens is 5. The van der Waals surface area contributed by atoms with Crippen molar-refractivity contribution < 1.29 is 0 Å². The van der Waals surface area contributed by atoms with E-state index in [0.29, 0.717) is 6.54 Å². The standard InChI is InChI=1S/C16H14N6S/c1-11-9-23-16-14(11)15(19-10-20-16)18-8-12-3-5-17-13(7-12)22-6-2-4-21-22/h2-7,9-10H,8H2,1H3,(H,18,19,20). The van der Waals surface area contributed by atoms with Gasteiger partial charge in [-0.3, -0.25) is 0 Å². The molecule has 0 spiro atoms. The maximum atomic E-state index is 4.38. The normalized spacial score (nSPS) is 11.0. The molecule has 4 aromatic heterocycles. The lowest BCUT2D eigenvalue weighted by molar-refractivity contribution is 0.843. The van der Waals surface area contributed by atoms with Crippen molar-refractivity contribution in [3.05, 3.63) is 59.6 Å². The van der Waals surface area contributed by atoms with Crippen LogP contribution in [0.2, 0.25) is 0 Å². The van der Waals surface area contributed by atoms with Crippen molar-refractivity contribution in [2.24, 2.45) is 0 Å². The number of pyridine rings is 1. The molecule has 0 aliphatic carbocycles. The summed E-state index contributed by atoms with van der Waals surface area (Å²) >= 11 is 1.64. The van der Waals surface area contributed by atoms with E-state index in [9.17, 15) is 0 Å². The zero-order valence-electron chi connectivity index (χ0n) is 12.5. The second-order valence-electron chi connectivity index (χ2n) is 5.15. The van der Waals surface area contributed by atoms with Crippen molar-refractivity contribution in [3.63, 3.8) is 0 Å². The van der Waals surface area contributed by atoms with Gasteiger partial charge in [0.15, 0.2) is 5.82 Å². The van der Waals surface area contributed by atoms with Crippen LogP contribution in [-0.4, -0.2) is 24.7 Å². The Morgan fingerprint density at radius 2 is 2.17 bits per heavy atom. The first-order chi connectivity index (χ1) is 11.3. The summed E-state index contributed by atoms with van der Waals surface area (Å²) in [6.45, 7) is 2.74. The SMILES string of the molecule is Cc1csc2ncnc(NCc3ccnc(-n4cccn4)c3)c12. The predicted octanol–water partition coefficient (Wildman–Crippen LogP) is 3.19. The van der Waals surface area contributed by atoms with Crippen molar-refractivity contribution in [1.29, 1.82) is 0 Å². The highest BCUT2D eigenvalue weighted by Gasteiger charge is 2.08. The number of hydrogen-bond donors (Lipinski definition) is 1. The summed E-state index contributed by atoms with van der Waals surface area (Å²) in [7, 11) is 0. The molecule has 6 nitrogen and oxygen atoms in total. The van der Waals surface area contributed by atoms with Gasteiger partial charge in [0.05, 0.1) is 5.39 Å². The third-order valence-electron chi connectivity index (χ3n) is 3.56. The maximum Gasteiger partial charge on any atom is 0.153 e. The molecule has 4 heterocycles. The first-order valence-corrected chi connectivity index (χ1v) is 8.07. The van der Waals surface area contributed by atoms with E-state index in [1.807, 2.05) is 24.4 Å². The van der Waals surface area contributed by atoms with Gasteiger partial charge in [0, 0.05) is 25.1 Å². The summed E-state index contributed by atoms with van der Waals surface area (Å²) in [4.78, 5) is 14.0. The molecule has 0 aliphatic heterocycles. The van der Waals surface area contributed by atoms with Gasteiger partial charge in [-0.15, -0.1) is 11.3 Å². The lowest BCUT2D eigenvalue weighted by Gasteiger charge is -2.08. The van der Waals surface area contributed by atoms with Crippen LogP contribution >= 0.6 is 11.3 Å². The van der Waals surface area contributed by atoms with Gasteiger partial charge in [-0.1, -0.05) is 0 Å². The van der Waals surface area contributed by atoms with Crippen molar-refractivity contribution in [1.82, 2.24) is 24.7 Å². The van der Waals surface area contributed by atoms with Gasteiger partial charge < -0.3 is 5.32 Å². The molecule has 0 bridgehead atoms. The fourth-order valence-electron chi connectivity index (χ4n) is 2.44. The fourth-order valence-corrected chi connectivity index (χ4v) is 3.33. The molecule has 0 amide bonds. The lowest BCUT2D eigenvalue weighted by Crippen LogP contribution is -2.04. The molecule has 0 saturated heterocycles. The van der Waals surface area contributed by atoms with E-state index >= 15 is 0 Å². The average Bonchev–Trinajstić information content (AvgIpc) is 3.24. The molecule has 7 heteroatoms. The minimum absolute atomic E-state index is 0.665. The minimum Gasteiger partial charge on any atom is -0.365 e. The molecule has 0 aromatic carbocycles. The molecule has 0 fully saturated rings. The number of rotatable bonds is 4. The molecule has 0 unspecified atom stereocenters. The molecule has 114 valence electrons. The van der Waals surface area contributed by atoms with Crippen LogP contribution in [0.25, 0.3) is 16.0 Å². The van der Waals surface area contributed by atoms with E-state index in [2.05, 4.69) is 37.7 Å². The largest absolute Gasteiger partial charge is 0.365 e. The van der Waals surface area contributed by atoms with E-state index < -0.39 is 0 Å². The average molecular weight is 322 g/mol. The highest BCUT2D eigenvalue weighted by atomic mass is 32.1. The van der Waals surface area contributed by atoms with Crippen LogP contribution < -0.4 is 5.32 Å². The Morgan fingerprint density at radius 3 is 3.04 bits per heavy atom.